The Morgan fingerprint density at radius 3 is 1.88 bits per heavy atom. The van der Waals surface area contributed by atoms with Crippen LogP contribution in [0.2, 0.25) is 0 Å². The first kappa shape index (κ1) is 43.5. The smallest absolute Gasteiger partial charge is 0.335 e. The first-order valence-electron chi connectivity index (χ1n) is 20.7. The molecule has 16 heteroatoms. The van der Waals surface area contributed by atoms with Crippen LogP contribution in [0.4, 0.5) is 0 Å². The van der Waals surface area contributed by atoms with Crippen molar-refractivity contribution in [3.05, 3.63) is 11.6 Å². The van der Waals surface area contributed by atoms with E-state index in [4.69, 9.17) is 18.9 Å². The third kappa shape index (κ3) is 6.25. The Kier molecular flexibility index (Phi) is 10.7. The second-order valence-electron chi connectivity index (χ2n) is 20.6. The summed E-state index contributed by atoms with van der Waals surface area (Å²) in [4.78, 5) is 51.3. The van der Waals surface area contributed by atoms with Gasteiger partial charge in [-0.25, -0.2) is 9.59 Å². The highest BCUT2D eigenvalue weighted by molar-refractivity contribution is 5.95. The molecule has 8 N–H and O–H groups in total. The molecule has 0 amide bonds. The Labute approximate surface area is 337 Å². The van der Waals surface area contributed by atoms with E-state index in [2.05, 4.69) is 27.7 Å². The Bertz CT molecular complexity index is 1730. The van der Waals surface area contributed by atoms with Gasteiger partial charge in [-0.15, -0.1) is 0 Å². The molecule has 0 aromatic heterocycles. The summed E-state index contributed by atoms with van der Waals surface area (Å²) in [7, 11) is 0. The number of allylic oxidation sites excluding steroid dienone is 2. The number of fused-ring (bicyclic) bond motifs is 7. The predicted octanol–water partition coefficient (Wildman–Crippen LogP) is 2.25. The lowest BCUT2D eigenvalue weighted by Gasteiger charge is -2.70. The molecule has 6 fully saturated rings. The standard InChI is InChI=1S/C42H62O16/c1-37(2)21-8-11-42(7)31(20(43)16-18-19-17-39(4,36(53)54)13-12-38(19,3)14-15-41(18,42)6)40(21,5)10-9-22(37)55-35-30(26(47)25(46)29(57-35)33(51)52)58-34-27(48)23(44)24(45)28(56-34)32(49)50/h16,19,21-31,34-35,44-48H,8-15,17H2,1-7H3,(H,49,50)(H,51,52)(H,53,54)/t19?,21?,22-,23-,24-,25-,26?,27+,28-,29-,30+,31?,34-,35+,38+,39-,40-,41+,42+/m0/s1. The zero-order valence-electron chi connectivity index (χ0n) is 34.4. The predicted molar refractivity (Wildman–Crippen MR) is 199 cm³/mol. The van der Waals surface area contributed by atoms with E-state index in [-0.39, 0.29) is 34.4 Å². The maximum absolute atomic E-state index is 14.8. The molecule has 5 aliphatic carbocycles. The van der Waals surface area contributed by atoms with E-state index in [1.807, 2.05) is 26.8 Å². The summed E-state index contributed by atoms with van der Waals surface area (Å²) in [5.74, 6) is -4.47. The monoisotopic (exact) mass is 822 g/mol. The van der Waals surface area contributed by atoms with Crippen molar-refractivity contribution in [1.29, 1.82) is 0 Å². The van der Waals surface area contributed by atoms with Gasteiger partial charge in [0.15, 0.2) is 30.6 Å². The molecule has 16 nitrogen and oxygen atoms in total. The van der Waals surface area contributed by atoms with Crippen molar-refractivity contribution in [1.82, 2.24) is 0 Å². The molecular formula is C42H62O16. The van der Waals surface area contributed by atoms with Crippen molar-refractivity contribution < 1.29 is 79.0 Å². The Hall–Kier alpha value is -2.54. The van der Waals surface area contributed by atoms with Crippen LogP contribution in [0.15, 0.2) is 11.6 Å². The molecule has 0 bridgehead atoms. The number of carboxylic acid groups (broad SMARTS) is 3. The molecule has 326 valence electrons. The van der Waals surface area contributed by atoms with Gasteiger partial charge in [-0.05, 0) is 110 Å². The van der Waals surface area contributed by atoms with Crippen LogP contribution in [0.25, 0.3) is 0 Å². The fraction of sp³-hybridized carbons (Fsp3) is 0.857. The van der Waals surface area contributed by atoms with E-state index in [1.165, 1.54) is 0 Å². The number of carbonyl (C=O) groups excluding carboxylic acids is 1. The highest BCUT2D eigenvalue weighted by Gasteiger charge is 2.71. The quantitative estimate of drug-likeness (QED) is 0.171. The van der Waals surface area contributed by atoms with Gasteiger partial charge in [0.2, 0.25) is 0 Å². The minimum atomic E-state index is -2.05. The maximum atomic E-state index is 14.8. The van der Waals surface area contributed by atoms with E-state index in [0.717, 1.165) is 37.7 Å². The summed E-state index contributed by atoms with van der Waals surface area (Å²) in [6, 6.07) is 0. The average molecular weight is 823 g/mol. The maximum Gasteiger partial charge on any atom is 0.335 e. The van der Waals surface area contributed by atoms with Gasteiger partial charge in [0.1, 0.15) is 36.6 Å². The molecule has 0 aromatic carbocycles. The number of ketones is 1. The number of ether oxygens (including phenoxy) is 4. The van der Waals surface area contributed by atoms with Crippen molar-refractivity contribution in [2.45, 2.75) is 174 Å². The number of aliphatic carboxylic acids is 3. The van der Waals surface area contributed by atoms with Crippen LogP contribution < -0.4 is 0 Å². The first-order valence-corrected chi connectivity index (χ1v) is 20.7. The van der Waals surface area contributed by atoms with Gasteiger partial charge in [0.05, 0.1) is 11.5 Å². The summed E-state index contributed by atoms with van der Waals surface area (Å²) in [5, 5.41) is 83.0. The number of hydrogen-bond acceptors (Lipinski definition) is 13. The second-order valence-corrected chi connectivity index (χ2v) is 20.6. The van der Waals surface area contributed by atoms with Crippen LogP contribution in [-0.2, 0) is 38.1 Å². The van der Waals surface area contributed by atoms with Gasteiger partial charge >= 0.3 is 17.9 Å². The normalized spacial score (nSPS) is 52.6. The van der Waals surface area contributed by atoms with Gasteiger partial charge in [-0.3, -0.25) is 9.59 Å². The van der Waals surface area contributed by atoms with Gasteiger partial charge in [0, 0.05) is 5.92 Å². The van der Waals surface area contributed by atoms with Gasteiger partial charge in [-0.1, -0.05) is 47.1 Å². The lowest BCUT2D eigenvalue weighted by molar-refractivity contribution is -0.371. The summed E-state index contributed by atoms with van der Waals surface area (Å²) >= 11 is 0. The van der Waals surface area contributed by atoms with E-state index in [9.17, 15) is 60.0 Å². The molecular weight excluding hydrogens is 760 g/mol. The molecule has 19 atom stereocenters. The molecule has 0 radical (unpaired) electrons. The third-order valence-corrected chi connectivity index (χ3v) is 17.2. The van der Waals surface area contributed by atoms with Crippen LogP contribution in [0.5, 0.6) is 0 Å². The van der Waals surface area contributed by atoms with Crippen LogP contribution >= 0.6 is 0 Å². The Morgan fingerprint density at radius 1 is 0.690 bits per heavy atom. The van der Waals surface area contributed by atoms with Crippen molar-refractivity contribution >= 4 is 23.7 Å². The van der Waals surface area contributed by atoms with E-state index >= 15 is 0 Å². The van der Waals surface area contributed by atoms with E-state index in [0.29, 0.717) is 25.7 Å². The lowest BCUT2D eigenvalue weighted by atomic mass is 9.33. The average Bonchev–Trinajstić information content (AvgIpc) is 3.13. The van der Waals surface area contributed by atoms with E-state index in [1.54, 1.807) is 0 Å². The minimum absolute atomic E-state index is 0.0217. The second kappa shape index (κ2) is 14.3. The summed E-state index contributed by atoms with van der Waals surface area (Å²) in [6.07, 6.45) is -12.2. The van der Waals surface area contributed by atoms with Gasteiger partial charge in [0.25, 0.3) is 0 Å². The molecule has 0 spiro atoms. The van der Waals surface area contributed by atoms with E-state index < -0.39 is 107 Å². The number of hydrogen-bond donors (Lipinski definition) is 8. The van der Waals surface area contributed by atoms with Crippen molar-refractivity contribution in [3.63, 3.8) is 0 Å². The number of aliphatic hydroxyl groups is 5. The highest BCUT2D eigenvalue weighted by Crippen LogP contribution is 2.75. The molecule has 0 aromatic rings. The molecule has 2 saturated heterocycles. The van der Waals surface area contributed by atoms with Crippen molar-refractivity contribution in [3.8, 4) is 0 Å². The number of rotatable bonds is 7. The van der Waals surface area contributed by atoms with Crippen LogP contribution in [0.1, 0.15) is 106 Å². The molecule has 4 unspecified atom stereocenters. The largest absolute Gasteiger partial charge is 0.481 e. The zero-order valence-corrected chi connectivity index (χ0v) is 34.4. The van der Waals surface area contributed by atoms with Crippen molar-refractivity contribution in [2.24, 2.45) is 50.2 Å². The Morgan fingerprint density at radius 2 is 1.28 bits per heavy atom. The molecule has 7 rings (SSSR count). The highest BCUT2D eigenvalue weighted by atomic mass is 16.8. The molecule has 4 saturated carbocycles. The fourth-order valence-corrected chi connectivity index (χ4v) is 13.4. The third-order valence-electron chi connectivity index (χ3n) is 17.2. The first-order chi connectivity index (χ1) is 26.8. The van der Waals surface area contributed by atoms with Crippen LogP contribution in [-0.4, -0.2) is 132 Å². The van der Waals surface area contributed by atoms with Crippen molar-refractivity contribution in [2.75, 3.05) is 0 Å². The van der Waals surface area contributed by atoms with Gasteiger partial charge < -0.3 is 59.8 Å². The summed E-state index contributed by atoms with van der Waals surface area (Å²) in [5.41, 5.74) is -1.81. The molecule has 2 aliphatic heterocycles. The topological polar surface area (TPSA) is 267 Å². The minimum Gasteiger partial charge on any atom is -0.481 e. The van der Waals surface area contributed by atoms with Crippen LogP contribution in [0, 0.1) is 50.2 Å². The number of carboxylic acids is 3. The Balaban J connectivity index is 1.17. The fourth-order valence-electron chi connectivity index (χ4n) is 13.4. The van der Waals surface area contributed by atoms with Crippen LogP contribution in [0.3, 0.4) is 0 Å². The SMILES string of the molecule is CC1(C)C2CC[C@]3(C)C(C(=O)C=C4C5C[C@@](C)(C(=O)O)CC[C@]5(C)CC[C@]43C)[C@@]2(C)CC[C@@H]1O[C@@H]1O[C@H](C(=O)O)[C@@H](O)C(O)[C@H]1O[C@@H]1O[C@H](C(=O)O)[C@@H](O)[C@H](O)[C@H]1O. The summed E-state index contributed by atoms with van der Waals surface area (Å²) in [6.45, 7) is 14.8. The zero-order chi connectivity index (χ0) is 42.9. The van der Waals surface area contributed by atoms with Gasteiger partial charge in [-0.2, -0.15) is 0 Å². The molecule has 58 heavy (non-hydrogen) atoms. The number of aliphatic hydroxyl groups excluding tert-OH is 5. The molecule has 7 aliphatic rings. The lowest BCUT2D eigenvalue weighted by Crippen LogP contribution is -2.68. The number of carbonyl (C=O) groups is 4. The summed E-state index contributed by atoms with van der Waals surface area (Å²) < 4.78 is 23.4. The molecule has 2 heterocycles.